The van der Waals surface area contributed by atoms with Crippen molar-refractivity contribution in [3.8, 4) is 0 Å². The molecule has 1 aliphatic heterocycles. The van der Waals surface area contributed by atoms with Crippen LogP contribution < -0.4 is 0 Å². The van der Waals surface area contributed by atoms with Crippen LogP contribution in [0.3, 0.4) is 0 Å². The predicted molar refractivity (Wildman–Crippen MR) is 79.1 cm³/mol. The largest absolute Gasteiger partial charge is 0.457 e. The highest BCUT2D eigenvalue weighted by molar-refractivity contribution is 7.88. The number of rotatable bonds is 3. The van der Waals surface area contributed by atoms with Crippen LogP contribution in [0.25, 0.3) is 0 Å². The summed E-state index contributed by atoms with van der Waals surface area (Å²) >= 11 is 5.76. The van der Waals surface area contributed by atoms with Gasteiger partial charge >= 0.3 is 16.2 Å². The molecule has 21 heavy (non-hydrogen) atoms. The highest BCUT2D eigenvalue weighted by atomic mass is 35.5. The Morgan fingerprint density at radius 2 is 1.95 bits per heavy atom. The number of hydrogen-bond acceptors (Lipinski definition) is 4. The summed E-state index contributed by atoms with van der Waals surface area (Å²) < 4.78 is 32.5. The monoisotopic (exact) mass is 328 g/mol. The summed E-state index contributed by atoms with van der Waals surface area (Å²) in [5.74, 6) is -0.632. The molecule has 1 aliphatic rings. The molecule has 1 aromatic carbocycles. The molecule has 0 spiro atoms. The molecule has 0 fully saturated rings. The third-order valence-corrected chi connectivity index (χ3v) is 4.41. The molecule has 0 atom stereocenters. The van der Waals surface area contributed by atoms with Crippen LogP contribution in [0.2, 0.25) is 5.02 Å². The van der Waals surface area contributed by atoms with E-state index in [0.29, 0.717) is 5.02 Å². The molecule has 6 nitrogen and oxygen atoms in total. The Morgan fingerprint density at radius 3 is 2.57 bits per heavy atom. The minimum atomic E-state index is -3.73. The van der Waals surface area contributed by atoms with Crippen molar-refractivity contribution in [1.29, 1.82) is 0 Å². The lowest BCUT2D eigenvalue weighted by Crippen LogP contribution is -2.29. The number of carbonyl (C=O) groups is 1. The lowest BCUT2D eigenvalue weighted by atomic mass is 10.2. The normalized spacial score (nSPS) is 17.0. The second-order valence-corrected chi connectivity index (χ2v) is 6.51. The molecule has 112 valence electrons. The lowest BCUT2D eigenvalue weighted by molar-refractivity contribution is -0.139. The van der Waals surface area contributed by atoms with Crippen LogP contribution in [0, 0.1) is 0 Å². The van der Waals surface area contributed by atoms with E-state index >= 15 is 0 Å². The first-order valence-corrected chi connectivity index (χ1v) is 7.75. The molecule has 0 radical (unpaired) electrons. The summed E-state index contributed by atoms with van der Waals surface area (Å²) in [6.07, 6.45) is 1.20. The number of nitrogens with zero attached hydrogens (tertiary/aromatic N) is 2. The first-order valence-electron chi connectivity index (χ1n) is 5.98. The zero-order chi connectivity index (χ0) is 15.6. The second kappa shape index (κ2) is 5.87. The average Bonchev–Trinajstić information content (AvgIpc) is 2.41. The summed E-state index contributed by atoms with van der Waals surface area (Å²) in [6.45, 7) is 1.51. The van der Waals surface area contributed by atoms with Crippen LogP contribution in [0.5, 0.6) is 0 Å². The van der Waals surface area contributed by atoms with Crippen molar-refractivity contribution < 1.29 is 17.9 Å². The molecule has 0 aromatic heterocycles. The van der Waals surface area contributed by atoms with Crippen molar-refractivity contribution in [2.45, 2.75) is 13.5 Å². The Bertz CT molecular complexity index is 723. The summed E-state index contributed by atoms with van der Waals surface area (Å²) in [4.78, 5) is 12.0. The molecule has 0 saturated heterocycles. The van der Waals surface area contributed by atoms with Crippen LogP contribution in [0.4, 0.5) is 0 Å². The van der Waals surface area contributed by atoms with Gasteiger partial charge in [0.2, 0.25) is 0 Å². The molecule has 1 heterocycles. The van der Waals surface area contributed by atoms with Crippen molar-refractivity contribution in [2.24, 2.45) is 4.40 Å². The molecular formula is C13H13ClN2O4S. The molecule has 0 unspecified atom stereocenters. The van der Waals surface area contributed by atoms with Crippen LogP contribution in [-0.2, 0) is 26.3 Å². The predicted octanol–water partition coefficient (Wildman–Crippen LogP) is 1.92. The molecule has 0 N–H and O–H groups in total. The fourth-order valence-corrected chi connectivity index (χ4v) is 2.57. The van der Waals surface area contributed by atoms with Gasteiger partial charge in [0.25, 0.3) is 0 Å². The van der Waals surface area contributed by atoms with Crippen LogP contribution in [-0.4, -0.2) is 31.5 Å². The maximum atomic E-state index is 12.0. The van der Waals surface area contributed by atoms with Gasteiger partial charge in [-0.3, -0.25) is 4.31 Å². The number of esters is 1. The zero-order valence-corrected chi connectivity index (χ0v) is 13.0. The van der Waals surface area contributed by atoms with Gasteiger partial charge in [0.15, 0.2) is 0 Å². The molecule has 0 amide bonds. The summed E-state index contributed by atoms with van der Waals surface area (Å²) in [5.41, 5.74) is 0.996. The van der Waals surface area contributed by atoms with E-state index in [4.69, 9.17) is 16.3 Å². The van der Waals surface area contributed by atoms with Crippen LogP contribution >= 0.6 is 11.6 Å². The number of ether oxygens (including phenoxy) is 1. The Labute approximate surface area is 127 Å². The summed E-state index contributed by atoms with van der Waals surface area (Å²) in [5, 5.41) is 0.592. The number of halogens is 1. The maximum Gasteiger partial charge on any atom is 0.344 e. The first-order chi connectivity index (χ1) is 9.79. The van der Waals surface area contributed by atoms with E-state index in [-0.39, 0.29) is 17.9 Å². The van der Waals surface area contributed by atoms with Crippen molar-refractivity contribution in [3.05, 3.63) is 46.6 Å². The van der Waals surface area contributed by atoms with Gasteiger partial charge in [-0.05, 0) is 24.6 Å². The van der Waals surface area contributed by atoms with Gasteiger partial charge < -0.3 is 4.74 Å². The summed E-state index contributed by atoms with van der Waals surface area (Å²) in [7, 11) is -2.42. The molecule has 1 aromatic rings. The van der Waals surface area contributed by atoms with Gasteiger partial charge in [-0.2, -0.15) is 8.42 Å². The smallest absolute Gasteiger partial charge is 0.344 e. The van der Waals surface area contributed by atoms with E-state index in [1.807, 2.05) is 0 Å². The number of carbonyl (C=O) groups excluding carboxylic acids is 1. The topological polar surface area (TPSA) is 76.0 Å². The highest BCUT2D eigenvalue weighted by Crippen LogP contribution is 2.16. The SMILES string of the molecule is CC1=NS(=O)(=O)N(C)C=C1C(=O)OCc1ccc(Cl)cc1. The van der Waals surface area contributed by atoms with E-state index in [1.165, 1.54) is 20.2 Å². The minimum absolute atomic E-state index is 0.0666. The third kappa shape index (κ3) is 3.62. The molecule has 0 aliphatic carbocycles. The lowest BCUT2D eigenvalue weighted by Gasteiger charge is -2.19. The standard InChI is InChI=1S/C13H13ClN2O4S/c1-9-12(7-16(2)21(18,19)15-9)13(17)20-8-10-3-5-11(14)6-4-10/h3-7H,8H2,1-2H3. The van der Waals surface area contributed by atoms with Crippen LogP contribution in [0.15, 0.2) is 40.4 Å². The molecular weight excluding hydrogens is 316 g/mol. The van der Waals surface area contributed by atoms with Gasteiger partial charge in [-0.25, -0.2) is 4.79 Å². The zero-order valence-electron chi connectivity index (χ0n) is 11.4. The van der Waals surface area contributed by atoms with E-state index < -0.39 is 16.2 Å². The fourth-order valence-electron chi connectivity index (χ4n) is 1.64. The minimum Gasteiger partial charge on any atom is -0.457 e. The van der Waals surface area contributed by atoms with Gasteiger partial charge in [0, 0.05) is 18.3 Å². The third-order valence-electron chi connectivity index (χ3n) is 2.82. The number of benzene rings is 1. The molecule has 8 heteroatoms. The van der Waals surface area contributed by atoms with Gasteiger partial charge in [0.05, 0.1) is 11.3 Å². The molecule has 0 saturated carbocycles. The van der Waals surface area contributed by atoms with Crippen LogP contribution in [0.1, 0.15) is 12.5 Å². The average molecular weight is 329 g/mol. The maximum absolute atomic E-state index is 12.0. The van der Waals surface area contributed by atoms with E-state index in [2.05, 4.69) is 4.40 Å². The summed E-state index contributed by atoms with van der Waals surface area (Å²) in [6, 6.07) is 6.86. The quantitative estimate of drug-likeness (QED) is 0.794. The van der Waals surface area contributed by atoms with E-state index in [9.17, 15) is 13.2 Å². The van der Waals surface area contributed by atoms with E-state index in [1.54, 1.807) is 24.3 Å². The number of hydrogen-bond donors (Lipinski definition) is 0. The van der Waals surface area contributed by atoms with Gasteiger partial charge in [-0.15, -0.1) is 4.40 Å². The van der Waals surface area contributed by atoms with Crippen molar-refractivity contribution in [3.63, 3.8) is 0 Å². The first kappa shape index (κ1) is 15.5. The second-order valence-electron chi connectivity index (χ2n) is 4.42. The Kier molecular flexibility index (Phi) is 4.34. The molecule has 2 rings (SSSR count). The Hall–Kier alpha value is -1.86. The highest BCUT2D eigenvalue weighted by Gasteiger charge is 2.26. The van der Waals surface area contributed by atoms with Crippen molar-refractivity contribution >= 4 is 33.5 Å². The molecule has 0 bridgehead atoms. The fraction of sp³-hybridized carbons (Fsp3) is 0.231. The van der Waals surface area contributed by atoms with Gasteiger partial charge in [0.1, 0.15) is 6.61 Å². The van der Waals surface area contributed by atoms with Gasteiger partial charge in [-0.1, -0.05) is 23.7 Å². The van der Waals surface area contributed by atoms with Crippen molar-refractivity contribution in [1.82, 2.24) is 4.31 Å². The van der Waals surface area contributed by atoms with E-state index in [0.717, 1.165) is 9.87 Å². The Balaban J connectivity index is 2.07. The van der Waals surface area contributed by atoms with Crippen molar-refractivity contribution in [2.75, 3.05) is 7.05 Å². The Morgan fingerprint density at radius 1 is 1.33 bits per heavy atom.